The molecule has 1 aromatic carbocycles. The molecule has 1 aliphatic heterocycles. The molecule has 1 saturated heterocycles. The van der Waals surface area contributed by atoms with Crippen LogP contribution in [0, 0.1) is 0 Å². The number of hydrogen-bond donors (Lipinski definition) is 1. The molecule has 0 unspecified atom stereocenters. The van der Waals surface area contributed by atoms with Crippen molar-refractivity contribution in [1.82, 2.24) is 4.90 Å². The van der Waals surface area contributed by atoms with E-state index in [0.717, 1.165) is 0 Å². The van der Waals surface area contributed by atoms with Crippen molar-refractivity contribution in [3.8, 4) is 0 Å². The first kappa shape index (κ1) is 15.1. The molecule has 0 aromatic heterocycles. The molecule has 0 bridgehead atoms. The summed E-state index contributed by atoms with van der Waals surface area (Å²) < 4.78 is 5.19. The van der Waals surface area contributed by atoms with Crippen molar-refractivity contribution in [2.45, 2.75) is 19.0 Å². The highest BCUT2D eigenvalue weighted by Gasteiger charge is 2.38. The highest BCUT2D eigenvalue weighted by molar-refractivity contribution is 6.35. The van der Waals surface area contributed by atoms with Gasteiger partial charge in [0.15, 0.2) is 6.04 Å². The highest BCUT2D eigenvalue weighted by Crippen LogP contribution is 2.25. The second-order valence-electron chi connectivity index (χ2n) is 4.58. The van der Waals surface area contributed by atoms with Gasteiger partial charge in [-0.05, 0) is 25.1 Å². The summed E-state index contributed by atoms with van der Waals surface area (Å²) in [6, 6.07) is 3.14. The molecule has 2 rings (SSSR count). The summed E-state index contributed by atoms with van der Waals surface area (Å²) in [6.07, 6.45) is 0. The van der Waals surface area contributed by atoms with Crippen LogP contribution < -0.4 is 0 Å². The second-order valence-corrected chi connectivity index (χ2v) is 5.42. The summed E-state index contributed by atoms with van der Waals surface area (Å²) in [4.78, 5) is 25.1. The quantitative estimate of drug-likeness (QED) is 0.909. The number of carbonyl (C=O) groups excluding carboxylic acids is 1. The third-order valence-corrected chi connectivity index (χ3v) is 3.69. The largest absolute Gasteiger partial charge is 0.480 e. The first-order chi connectivity index (χ1) is 9.41. The molecule has 1 heterocycles. The standard InChI is InChI=1S/C13H13Cl2NO4/c1-7-5-20-6-11(13(18)19)16(7)12(17)9-4-8(14)2-3-10(9)15/h2-4,7,11H,5-6H2,1H3,(H,18,19)/t7-,11-/m0/s1. The van der Waals surface area contributed by atoms with Crippen LogP contribution in [0.5, 0.6) is 0 Å². The molecule has 0 spiro atoms. The zero-order chi connectivity index (χ0) is 14.9. The first-order valence-electron chi connectivity index (χ1n) is 6.00. The summed E-state index contributed by atoms with van der Waals surface area (Å²) in [7, 11) is 0. The van der Waals surface area contributed by atoms with Gasteiger partial charge in [-0.2, -0.15) is 0 Å². The van der Waals surface area contributed by atoms with Crippen LogP contribution in [0.4, 0.5) is 0 Å². The Labute approximate surface area is 126 Å². The predicted octanol–water partition coefficient (Wildman–Crippen LogP) is 2.31. The molecule has 2 atom stereocenters. The van der Waals surface area contributed by atoms with E-state index < -0.39 is 17.9 Å². The second kappa shape index (κ2) is 5.99. The Hall–Kier alpha value is -1.30. The number of carboxylic acids is 1. The van der Waals surface area contributed by atoms with E-state index in [1.807, 2.05) is 0 Å². The maximum Gasteiger partial charge on any atom is 0.328 e. The van der Waals surface area contributed by atoms with Crippen LogP contribution in [-0.4, -0.2) is 47.2 Å². The van der Waals surface area contributed by atoms with Crippen LogP contribution in [0.15, 0.2) is 18.2 Å². The van der Waals surface area contributed by atoms with Crippen molar-refractivity contribution < 1.29 is 19.4 Å². The molecule has 0 saturated carbocycles. The van der Waals surface area contributed by atoms with Gasteiger partial charge >= 0.3 is 5.97 Å². The fraction of sp³-hybridized carbons (Fsp3) is 0.385. The van der Waals surface area contributed by atoms with Crippen LogP contribution in [-0.2, 0) is 9.53 Å². The van der Waals surface area contributed by atoms with Crippen molar-refractivity contribution in [2.75, 3.05) is 13.2 Å². The predicted molar refractivity (Wildman–Crippen MR) is 74.3 cm³/mol. The minimum absolute atomic E-state index is 0.0381. The molecule has 1 aliphatic rings. The zero-order valence-corrected chi connectivity index (χ0v) is 12.2. The molecule has 0 aliphatic carbocycles. The van der Waals surface area contributed by atoms with Gasteiger partial charge in [-0.1, -0.05) is 23.2 Å². The number of halogens is 2. The number of nitrogens with zero attached hydrogens (tertiary/aromatic N) is 1. The number of rotatable bonds is 2. The van der Waals surface area contributed by atoms with E-state index in [4.69, 9.17) is 27.9 Å². The van der Waals surface area contributed by atoms with Gasteiger partial charge in [0, 0.05) is 5.02 Å². The molecular formula is C13H13Cl2NO4. The van der Waals surface area contributed by atoms with Crippen LogP contribution >= 0.6 is 23.2 Å². The zero-order valence-electron chi connectivity index (χ0n) is 10.7. The number of carboxylic acid groups (broad SMARTS) is 1. The monoisotopic (exact) mass is 317 g/mol. The lowest BCUT2D eigenvalue weighted by molar-refractivity contribution is -0.150. The molecule has 108 valence electrons. The molecular weight excluding hydrogens is 305 g/mol. The van der Waals surface area contributed by atoms with Crippen LogP contribution in [0.1, 0.15) is 17.3 Å². The summed E-state index contributed by atoms with van der Waals surface area (Å²) in [5.74, 6) is -1.57. The normalized spacial score (nSPS) is 22.6. The van der Waals surface area contributed by atoms with E-state index in [0.29, 0.717) is 5.02 Å². The lowest BCUT2D eigenvalue weighted by atomic mass is 10.1. The molecule has 0 radical (unpaired) electrons. The maximum atomic E-state index is 12.6. The fourth-order valence-electron chi connectivity index (χ4n) is 2.15. The van der Waals surface area contributed by atoms with Crippen molar-refractivity contribution >= 4 is 35.1 Å². The average molecular weight is 318 g/mol. The Morgan fingerprint density at radius 2 is 2.05 bits per heavy atom. The number of ether oxygens (including phenoxy) is 1. The number of amides is 1. The fourth-order valence-corrected chi connectivity index (χ4v) is 2.52. The van der Waals surface area contributed by atoms with E-state index in [-0.39, 0.29) is 29.8 Å². The van der Waals surface area contributed by atoms with E-state index in [9.17, 15) is 14.7 Å². The van der Waals surface area contributed by atoms with Crippen LogP contribution in [0.25, 0.3) is 0 Å². The van der Waals surface area contributed by atoms with E-state index in [2.05, 4.69) is 0 Å². The Morgan fingerprint density at radius 1 is 1.35 bits per heavy atom. The van der Waals surface area contributed by atoms with Gasteiger partial charge in [0.25, 0.3) is 5.91 Å². The van der Waals surface area contributed by atoms with Crippen molar-refractivity contribution in [3.63, 3.8) is 0 Å². The van der Waals surface area contributed by atoms with Gasteiger partial charge in [0.05, 0.1) is 29.8 Å². The minimum Gasteiger partial charge on any atom is -0.480 e. The Kier molecular flexibility index (Phi) is 4.52. The van der Waals surface area contributed by atoms with Crippen molar-refractivity contribution in [1.29, 1.82) is 0 Å². The first-order valence-corrected chi connectivity index (χ1v) is 6.75. The minimum atomic E-state index is -1.11. The van der Waals surface area contributed by atoms with Gasteiger partial charge < -0.3 is 14.7 Å². The summed E-state index contributed by atoms with van der Waals surface area (Å²) in [6.45, 7) is 1.97. The number of carbonyl (C=O) groups is 2. The van der Waals surface area contributed by atoms with E-state index in [1.54, 1.807) is 13.0 Å². The lowest BCUT2D eigenvalue weighted by Gasteiger charge is -2.38. The van der Waals surface area contributed by atoms with Crippen LogP contribution in [0.3, 0.4) is 0 Å². The molecule has 1 aromatic rings. The number of aliphatic carboxylic acids is 1. The Balaban J connectivity index is 2.38. The van der Waals surface area contributed by atoms with Gasteiger partial charge in [-0.25, -0.2) is 4.79 Å². The van der Waals surface area contributed by atoms with Crippen molar-refractivity contribution in [2.24, 2.45) is 0 Å². The lowest BCUT2D eigenvalue weighted by Crippen LogP contribution is -2.57. The summed E-state index contributed by atoms with van der Waals surface area (Å²) in [5, 5.41) is 9.82. The third-order valence-electron chi connectivity index (χ3n) is 3.12. The molecule has 1 amide bonds. The van der Waals surface area contributed by atoms with E-state index >= 15 is 0 Å². The summed E-state index contributed by atoms with van der Waals surface area (Å²) >= 11 is 11.9. The topological polar surface area (TPSA) is 66.8 Å². The molecule has 20 heavy (non-hydrogen) atoms. The van der Waals surface area contributed by atoms with Gasteiger partial charge in [0.1, 0.15) is 0 Å². The number of morpholine rings is 1. The molecule has 5 nitrogen and oxygen atoms in total. The average Bonchev–Trinajstić information content (AvgIpc) is 2.40. The molecule has 7 heteroatoms. The number of hydrogen-bond acceptors (Lipinski definition) is 3. The number of benzene rings is 1. The molecule has 1 N–H and O–H groups in total. The van der Waals surface area contributed by atoms with Gasteiger partial charge in [-0.15, -0.1) is 0 Å². The van der Waals surface area contributed by atoms with Crippen LogP contribution in [0.2, 0.25) is 10.0 Å². The Morgan fingerprint density at radius 3 is 2.70 bits per heavy atom. The Bertz CT molecular complexity index is 549. The van der Waals surface area contributed by atoms with E-state index in [1.165, 1.54) is 17.0 Å². The van der Waals surface area contributed by atoms with Gasteiger partial charge in [-0.3, -0.25) is 4.79 Å². The van der Waals surface area contributed by atoms with Crippen molar-refractivity contribution in [3.05, 3.63) is 33.8 Å². The maximum absolute atomic E-state index is 12.6. The summed E-state index contributed by atoms with van der Waals surface area (Å²) in [5.41, 5.74) is 0.194. The van der Waals surface area contributed by atoms with Gasteiger partial charge in [0.2, 0.25) is 0 Å². The third kappa shape index (κ3) is 2.90. The highest BCUT2D eigenvalue weighted by atomic mass is 35.5. The molecule has 1 fully saturated rings. The smallest absolute Gasteiger partial charge is 0.328 e. The SMILES string of the molecule is C[C@H]1COC[C@@H](C(=O)O)N1C(=O)c1cc(Cl)ccc1Cl.